The summed E-state index contributed by atoms with van der Waals surface area (Å²) in [5.41, 5.74) is 1.40. The zero-order valence-electron chi connectivity index (χ0n) is 10.0. The maximum Gasteiger partial charge on any atom is 0.335 e. The Morgan fingerprint density at radius 3 is 2.42 bits per heavy atom. The normalized spacial score (nSPS) is 9.89. The fraction of sp³-hybridized carbons (Fsp3) is 0.0714. The average Bonchev–Trinajstić information content (AvgIpc) is 2.46. The van der Waals surface area contributed by atoms with E-state index >= 15 is 0 Å². The van der Waals surface area contributed by atoms with E-state index in [1.54, 1.807) is 36.5 Å². The maximum absolute atomic E-state index is 11.7. The second-order valence-electron chi connectivity index (χ2n) is 3.90. The van der Waals surface area contributed by atoms with Gasteiger partial charge in [0.2, 0.25) is 0 Å². The van der Waals surface area contributed by atoms with Gasteiger partial charge in [-0.3, -0.25) is 9.78 Å². The number of carbonyl (C=O) groups is 2. The Kier molecular flexibility index (Phi) is 3.87. The predicted molar refractivity (Wildman–Crippen MR) is 68.8 cm³/mol. The molecule has 0 atom stereocenters. The van der Waals surface area contributed by atoms with Crippen LogP contribution in [0.5, 0.6) is 0 Å². The Bertz CT molecular complexity index is 579. The quantitative estimate of drug-likeness (QED) is 0.872. The third-order valence-electron chi connectivity index (χ3n) is 2.55. The van der Waals surface area contributed by atoms with Crippen LogP contribution in [-0.2, 0) is 6.54 Å². The van der Waals surface area contributed by atoms with Crippen LogP contribution in [0.15, 0.2) is 48.7 Å². The molecule has 1 aromatic heterocycles. The molecule has 0 saturated heterocycles. The summed E-state index contributed by atoms with van der Waals surface area (Å²) in [5, 5.41) is 11.5. The van der Waals surface area contributed by atoms with Gasteiger partial charge in [-0.25, -0.2) is 4.79 Å². The van der Waals surface area contributed by atoms with Crippen molar-refractivity contribution in [1.29, 1.82) is 0 Å². The zero-order valence-corrected chi connectivity index (χ0v) is 10.0. The molecule has 19 heavy (non-hydrogen) atoms. The number of nitrogens with zero attached hydrogens (tertiary/aromatic N) is 1. The topological polar surface area (TPSA) is 79.3 Å². The van der Waals surface area contributed by atoms with Crippen LogP contribution >= 0.6 is 0 Å². The van der Waals surface area contributed by atoms with Crippen molar-refractivity contribution in [3.63, 3.8) is 0 Å². The highest BCUT2D eigenvalue weighted by atomic mass is 16.4. The number of hydrogen-bond donors (Lipinski definition) is 2. The van der Waals surface area contributed by atoms with Crippen LogP contribution in [-0.4, -0.2) is 22.0 Å². The fourth-order valence-electron chi connectivity index (χ4n) is 1.54. The van der Waals surface area contributed by atoms with E-state index in [4.69, 9.17) is 5.11 Å². The molecule has 1 heterocycles. The van der Waals surface area contributed by atoms with Crippen molar-refractivity contribution in [2.24, 2.45) is 0 Å². The SMILES string of the molecule is O=C(O)c1ccc(CNC(=O)c2ccccn2)cc1. The highest BCUT2D eigenvalue weighted by Gasteiger charge is 2.06. The van der Waals surface area contributed by atoms with Crippen molar-refractivity contribution >= 4 is 11.9 Å². The summed E-state index contributed by atoms with van der Waals surface area (Å²) in [6.07, 6.45) is 1.55. The van der Waals surface area contributed by atoms with E-state index in [9.17, 15) is 9.59 Å². The Morgan fingerprint density at radius 1 is 1.11 bits per heavy atom. The Labute approximate surface area is 109 Å². The first-order valence-electron chi connectivity index (χ1n) is 5.68. The molecule has 0 aliphatic carbocycles. The summed E-state index contributed by atoms with van der Waals surface area (Å²) < 4.78 is 0. The van der Waals surface area contributed by atoms with Gasteiger partial charge in [0.15, 0.2) is 0 Å². The molecule has 1 aromatic carbocycles. The molecule has 0 unspecified atom stereocenters. The Balaban J connectivity index is 1.95. The van der Waals surface area contributed by atoms with Gasteiger partial charge in [-0.05, 0) is 29.8 Å². The molecular weight excluding hydrogens is 244 g/mol. The van der Waals surface area contributed by atoms with Crippen LogP contribution in [0.25, 0.3) is 0 Å². The van der Waals surface area contributed by atoms with Crippen LogP contribution in [0.4, 0.5) is 0 Å². The summed E-state index contributed by atoms with van der Waals surface area (Å²) in [7, 11) is 0. The molecule has 5 heteroatoms. The van der Waals surface area contributed by atoms with E-state index in [1.165, 1.54) is 12.1 Å². The minimum absolute atomic E-state index is 0.222. The number of aromatic nitrogens is 1. The number of carboxylic acids is 1. The predicted octanol–water partition coefficient (Wildman–Crippen LogP) is 1.71. The van der Waals surface area contributed by atoms with Crippen molar-refractivity contribution in [1.82, 2.24) is 10.3 Å². The lowest BCUT2D eigenvalue weighted by molar-refractivity contribution is 0.0696. The number of nitrogens with one attached hydrogen (secondary N) is 1. The zero-order chi connectivity index (χ0) is 13.7. The molecule has 0 fully saturated rings. The molecule has 96 valence electrons. The molecule has 2 aromatic rings. The molecule has 0 aliphatic rings. The van der Waals surface area contributed by atoms with Gasteiger partial charge in [0.05, 0.1) is 5.56 Å². The van der Waals surface area contributed by atoms with Gasteiger partial charge < -0.3 is 10.4 Å². The number of carbonyl (C=O) groups excluding carboxylic acids is 1. The number of hydrogen-bond acceptors (Lipinski definition) is 3. The highest BCUT2D eigenvalue weighted by Crippen LogP contribution is 2.04. The van der Waals surface area contributed by atoms with Gasteiger partial charge in [-0.15, -0.1) is 0 Å². The number of benzene rings is 1. The van der Waals surface area contributed by atoms with Crippen molar-refractivity contribution < 1.29 is 14.7 Å². The number of carboxylic acid groups (broad SMARTS) is 1. The van der Waals surface area contributed by atoms with Gasteiger partial charge in [0, 0.05) is 12.7 Å². The number of pyridine rings is 1. The first kappa shape index (κ1) is 12.8. The highest BCUT2D eigenvalue weighted by molar-refractivity contribution is 5.92. The van der Waals surface area contributed by atoms with Gasteiger partial charge in [0.1, 0.15) is 5.69 Å². The largest absolute Gasteiger partial charge is 0.478 e. The molecule has 1 amide bonds. The Morgan fingerprint density at radius 2 is 1.84 bits per heavy atom. The van der Waals surface area contributed by atoms with Crippen LogP contribution < -0.4 is 5.32 Å². The number of rotatable bonds is 4. The summed E-state index contributed by atoms with van der Waals surface area (Å²) in [6.45, 7) is 0.329. The molecule has 0 aliphatic heterocycles. The van der Waals surface area contributed by atoms with Crippen molar-refractivity contribution in [3.05, 3.63) is 65.5 Å². The molecule has 5 nitrogen and oxygen atoms in total. The second kappa shape index (κ2) is 5.77. The van der Waals surface area contributed by atoms with Crippen molar-refractivity contribution in [2.45, 2.75) is 6.54 Å². The smallest absolute Gasteiger partial charge is 0.335 e. The lowest BCUT2D eigenvalue weighted by Crippen LogP contribution is -2.23. The van der Waals surface area contributed by atoms with E-state index in [-0.39, 0.29) is 11.5 Å². The monoisotopic (exact) mass is 256 g/mol. The number of aromatic carboxylic acids is 1. The van der Waals surface area contributed by atoms with E-state index in [2.05, 4.69) is 10.3 Å². The first-order chi connectivity index (χ1) is 9.16. The fourth-order valence-corrected chi connectivity index (χ4v) is 1.54. The van der Waals surface area contributed by atoms with Crippen LogP contribution in [0.2, 0.25) is 0 Å². The third-order valence-corrected chi connectivity index (χ3v) is 2.55. The molecule has 0 spiro atoms. The van der Waals surface area contributed by atoms with Gasteiger partial charge in [-0.1, -0.05) is 18.2 Å². The second-order valence-corrected chi connectivity index (χ2v) is 3.90. The summed E-state index contributed by atoms with van der Waals surface area (Å²) >= 11 is 0. The first-order valence-corrected chi connectivity index (χ1v) is 5.68. The molecule has 0 radical (unpaired) electrons. The van der Waals surface area contributed by atoms with Crippen LogP contribution in [0.3, 0.4) is 0 Å². The Hall–Kier alpha value is -2.69. The van der Waals surface area contributed by atoms with Crippen LogP contribution in [0, 0.1) is 0 Å². The van der Waals surface area contributed by atoms with Crippen LogP contribution in [0.1, 0.15) is 26.4 Å². The van der Waals surface area contributed by atoms with Gasteiger partial charge in [-0.2, -0.15) is 0 Å². The lowest BCUT2D eigenvalue weighted by atomic mass is 10.1. The summed E-state index contributed by atoms with van der Waals surface area (Å²) in [5.74, 6) is -1.23. The van der Waals surface area contributed by atoms with E-state index in [1.807, 2.05) is 0 Å². The molecule has 2 N–H and O–H groups in total. The number of amides is 1. The van der Waals surface area contributed by atoms with E-state index in [0.717, 1.165) is 5.56 Å². The third kappa shape index (κ3) is 3.38. The lowest BCUT2D eigenvalue weighted by Gasteiger charge is -2.05. The van der Waals surface area contributed by atoms with Crippen molar-refractivity contribution in [2.75, 3.05) is 0 Å². The van der Waals surface area contributed by atoms with Gasteiger partial charge >= 0.3 is 5.97 Å². The summed E-state index contributed by atoms with van der Waals surface area (Å²) in [4.78, 5) is 26.3. The standard InChI is InChI=1S/C14H12N2O3/c17-13(12-3-1-2-8-15-12)16-9-10-4-6-11(7-5-10)14(18)19/h1-8H,9H2,(H,16,17)(H,18,19). The van der Waals surface area contributed by atoms with E-state index in [0.29, 0.717) is 12.2 Å². The van der Waals surface area contributed by atoms with Gasteiger partial charge in [0.25, 0.3) is 5.91 Å². The van der Waals surface area contributed by atoms with Crippen molar-refractivity contribution in [3.8, 4) is 0 Å². The summed E-state index contributed by atoms with van der Waals surface area (Å²) in [6, 6.07) is 11.5. The molecule has 0 saturated carbocycles. The maximum atomic E-state index is 11.7. The van der Waals surface area contributed by atoms with E-state index < -0.39 is 5.97 Å². The molecule has 2 rings (SSSR count). The molecule has 0 bridgehead atoms. The minimum Gasteiger partial charge on any atom is -0.478 e. The molecular formula is C14H12N2O3. The minimum atomic E-state index is -0.968. The average molecular weight is 256 g/mol.